The lowest BCUT2D eigenvalue weighted by Crippen LogP contribution is -2.71. The van der Waals surface area contributed by atoms with Gasteiger partial charge in [0.25, 0.3) is 5.91 Å². The third-order valence-electron chi connectivity index (χ3n) is 8.50. The number of ether oxygens (including phenoxy) is 3. The van der Waals surface area contributed by atoms with Gasteiger partial charge in [-0.3, -0.25) is 9.59 Å². The van der Waals surface area contributed by atoms with E-state index in [0.29, 0.717) is 54.7 Å². The van der Waals surface area contributed by atoms with Crippen molar-refractivity contribution in [1.82, 2.24) is 10.2 Å². The molecule has 2 unspecified atom stereocenters. The van der Waals surface area contributed by atoms with Gasteiger partial charge in [-0.2, -0.15) is 0 Å². The lowest BCUT2D eigenvalue weighted by atomic mass is 9.96. The Morgan fingerprint density at radius 3 is 2.13 bits per heavy atom. The van der Waals surface area contributed by atoms with Crippen molar-refractivity contribution in [3.63, 3.8) is 0 Å². The highest BCUT2D eigenvalue weighted by molar-refractivity contribution is 6.32. The highest BCUT2D eigenvalue weighted by atomic mass is 35.5. The van der Waals surface area contributed by atoms with Crippen molar-refractivity contribution in [3.05, 3.63) is 76.8 Å². The fourth-order valence-corrected chi connectivity index (χ4v) is 5.88. The molecule has 3 aromatic rings. The number of benzene rings is 3. The molecular formula is C35H43ClN3O6+. The van der Waals surface area contributed by atoms with Crippen molar-refractivity contribution in [1.29, 1.82) is 0 Å². The Balaban J connectivity index is 1.53. The predicted octanol–water partition coefficient (Wildman–Crippen LogP) is 4.92. The van der Waals surface area contributed by atoms with Gasteiger partial charge in [-0.15, -0.1) is 0 Å². The van der Waals surface area contributed by atoms with Gasteiger partial charge in [-0.05, 0) is 59.4 Å². The maximum atomic E-state index is 13.7. The van der Waals surface area contributed by atoms with Crippen molar-refractivity contribution >= 4 is 29.3 Å². The van der Waals surface area contributed by atoms with E-state index in [-0.39, 0.29) is 23.0 Å². The number of nitrogens with one attached hydrogen (secondary N) is 1. The summed E-state index contributed by atoms with van der Waals surface area (Å²) in [7, 11) is 6.45. The second kappa shape index (κ2) is 15.3. The summed E-state index contributed by atoms with van der Waals surface area (Å²) in [6, 6.07) is 19.0. The van der Waals surface area contributed by atoms with E-state index in [1.165, 1.54) is 0 Å². The van der Waals surface area contributed by atoms with E-state index in [2.05, 4.69) is 12.2 Å². The molecule has 10 heteroatoms. The SMILES string of the molecule is CCCCN1CC(Cc2ccc(-c3cc(OC)c(OC)c(OC)c3)cc2)[N+](C)(CC(=O)NCCc2ccc(Cl)cc2)C(=O)C1=O. The first kappa shape index (κ1) is 33.8. The maximum absolute atomic E-state index is 13.7. The van der Waals surface area contributed by atoms with Crippen molar-refractivity contribution in [2.45, 2.75) is 38.6 Å². The van der Waals surface area contributed by atoms with Crippen LogP contribution in [-0.4, -0.2) is 87.7 Å². The van der Waals surface area contributed by atoms with E-state index in [4.69, 9.17) is 25.8 Å². The van der Waals surface area contributed by atoms with Crippen LogP contribution in [0.5, 0.6) is 17.2 Å². The van der Waals surface area contributed by atoms with E-state index < -0.39 is 11.8 Å². The number of amides is 3. The van der Waals surface area contributed by atoms with Crippen LogP contribution in [0.15, 0.2) is 60.7 Å². The summed E-state index contributed by atoms with van der Waals surface area (Å²) in [4.78, 5) is 41.7. The van der Waals surface area contributed by atoms with Crippen LogP contribution in [0.3, 0.4) is 0 Å². The molecule has 1 aliphatic rings. The van der Waals surface area contributed by atoms with Crippen molar-refractivity contribution in [2.24, 2.45) is 0 Å². The molecule has 240 valence electrons. The first-order valence-corrected chi connectivity index (χ1v) is 15.6. The van der Waals surface area contributed by atoms with Gasteiger partial charge >= 0.3 is 11.8 Å². The molecule has 0 aromatic heterocycles. The molecule has 45 heavy (non-hydrogen) atoms. The number of methoxy groups -OCH3 is 3. The van der Waals surface area contributed by atoms with Gasteiger partial charge in [-0.1, -0.05) is 61.3 Å². The smallest absolute Gasteiger partial charge is 0.404 e. The summed E-state index contributed by atoms with van der Waals surface area (Å²) in [5, 5.41) is 3.60. The Kier molecular flexibility index (Phi) is 11.5. The Hall–Kier alpha value is -4.08. The van der Waals surface area contributed by atoms with Gasteiger partial charge in [0.1, 0.15) is 6.04 Å². The molecule has 2 atom stereocenters. The van der Waals surface area contributed by atoms with E-state index in [1.807, 2.05) is 60.7 Å². The minimum Gasteiger partial charge on any atom is -0.493 e. The molecule has 1 heterocycles. The topological polar surface area (TPSA) is 94.2 Å². The van der Waals surface area contributed by atoms with Crippen molar-refractivity contribution in [2.75, 3.05) is 54.6 Å². The van der Waals surface area contributed by atoms with Crippen LogP contribution in [0.2, 0.25) is 5.02 Å². The molecular weight excluding hydrogens is 594 g/mol. The van der Waals surface area contributed by atoms with Gasteiger partial charge < -0.3 is 24.4 Å². The summed E-state index contributed by atoms with van der Waals surface area (Å²) in [6.45, 7) is 3.27. The first-order valence-electron chi connectivity index (χ1n) is 15.2. The molecule has 1 saturated heterocycles. The highest BCUT2D eigenvalue weighted by Crippen LogP contribution is 2.41. The molecule has 1 N–H and O–H groups in total. The maximum Gasteiger partial charge on any atom is 0.404 e. The number of carbonyl (C=O) groups is 3. The number of quaternary nitrogens is 1. The molecule has 3 aromatic carbocycles. The van der Waals surface area contributed by atoms with E-state index in [0.717, 1.165) is 35.1 Å². The van der Waals surface area contributed by atoms with Crippen LogP contribution in [-0.2, 0) is 27.2 Å². The van der Waals surface area contributed by atoms with Crippen molar-refractivity contribution < 1.29 is 33.1 Å². The Morgan fingerprint density at radius 2 is 1.56 bits per heavy atom. The second-order valence-electron chi connectivity index (χ2n) is 11.5. The molecule has 0 radical (unpaired) electrons. The summed E-state index contributed by atoms with van der Waals surface area (Å²) >= 11 is 5.98. The monoisotopic (exact) mass is 636 g/mol. The number of nitrogens with zero attached hydrogens (tertiary/aromatic N) is 2. The zero-order valence-electron chi connectivity index (χ0n) is 26.7. The van der Waals surface area contributed by atoms with E-state index in [9.17, 15) is 14.4 Å². The number of carbonyl (C=O) groups excluding carboxylic acids is 3. The van der Waals surface area contributed by atoms with Crippen LogP contribution in [0, 0.1) is 0 Å². The summed E-state index contributed by atoms with van der Waals surface area (Å²) in [6.07, 6.45) is 2.87. The fourth-order valence-electron chi connectivity index (χ4n) is 5.75. The number of hydrogen-bond donors (Lipinski definition) is 1. The van der Waals surface area contributed by atoms with E-state index in [1.54, 1.807) is 33.3 Å². The van der Waals surface area contributed by atoms with Gasteiger partial charge in [-0.25, -0.2) is 9.28 Å². The van der Waals surface area contributed by atoms with Crippen LogP contribution < -0.4 is 19.5 Å². The molecule has 0 bridgehead atoms. The van der Waals surface area contributed by atoms with Crippen molar-refractivity contribution in [3.8, 4) is 28.4 Å². The number of unbranched alkanes of at least 4 members (excludes halogenated alkanes) is 1. The molecule has 1 fully saturated rings. The number of hydrogen-bond acceptors (Lipinski definition) is 6. The Labute approximate surface area is 270 Å². The lowest BCUT2D eigenvalue weighted by Gasteiger charge is -2.44. The lowest BCUT2D eigenvalue weighted by molar-refractivity contribution is -0.851. The molecule has 3 amide bonds. The normalized spacial score (nSPS) is 18.1. The molecule has 0 spiro atoms. The van der Waals surface area contributed by atoms with Gasteiger partial charge in [0.15, 0.2) is 18.0 Å². The van der Waals surface area contributed by atoms with Gasteiger partial charge in [0.05, 0.1) is 34.9 Å². The Bertz CT molecular complexity index is 1470. The summed E-state index contributed by atoms with van der Waals surface area (Å²) in [5.74, 6) is 0.312. The zero-order chi connectivity index (χ0) is 32.6. The Morgan fingerprint density at radius 1 is 0.933 bits per heavy atom. The zero-order valence-corrected chi connectivity index (χ0v) is 27.5. The summed E-state index contributed by atoms with van der Waals surface area (Å²) in [5.41, 5.74) is 3.90. The molecule has 9 nitrogen and oxygen atoms in total. The number of halogens is 1. The standard InChI is InChI=1S/C35H42ClN3O6/c1-6-7-18-38-22-29(19-25-8-12-26(13-9-25)27-20-30(43-3)33(45-5)31(21-27)44-4)39(2,35(42)34(38)41)23-32(40)37-17-16-24-10-14-28(36)15-11-24/h8-15,20-21,29H,6-7,16-19,22-23H2,1-5H3/p+1. The highest BCUT2D eigenvalue weighted by Gasteiger charge is 2.52. The van der Waals surface area contributed by atoms with E-state index >= 15 is 0 Å². The molecule has 0 saturated carbocycles. The van der Waals surface area contributed by atoms with Gasteiger partial charge in [0, 0.05) is 24.5 Å². The molecule has 4 rings (SSSR count). The quantitative estimate of drug-likeness (QED) is 0.200. The van der Waals surface area contributed by atoms with Crippen LogP contribution in [0.25, 0.3) is 11.1 Å². The minimum atomic E-state index is -0.552. The fraction of sp³-hybridized carbons (Fsp3) is 0.400. The number of piperazine rings is 1. The van der Waals surface area contributed by atoms with Crippen LogP contribution >= 0.6 is 11.6 Å². The second-order valence-corrected chi connectivity index (χ2v) is 12.0. The average molecular weight is 637 g/mol. The van der Waals surface area contributed by atoms with Crippen LogP contribution in [0.1, 0.15) is 30.9 Å². The third kappa shape index (κ3) is 7.96. The van der Waals surface area contributed by atoms with Crippen LogP contribution in [0.4, 0.5) is 0 Å². The number of rotatable bonds is 14. The average Bonchev–Trinajstić information content (AvgIpc) is 3.05. The molecule has 1 aliphatic heterocycles. The molecule has 0 aliphatic carbocycles. The third-order valence-corrected chi connectivity index (χ3v) is 8.75. The number of likely N-dealkylation sites (N-methyl/N-ethyl adjacent to an activating group) is 1. The predicted molar refractivity (Wildman–Crippen MR) is 175 cm³/mol. The first-order chi connectivity index (χ1) is 21.6. The largest absolute Gasteiger partial charge is 0.493 e. The summed E-state index contributed by atoms with van der Waals surface area (Å²) < 4.78 is 16.2. The van der Waals surface area contributed by atoms with Gasteiger partial charge in [0.2, 0.25) is 5.75 Å². The minimum absolute atomic E-state index is 0.110.